The Labute approximate surface area is 362 Å². The summed E-state index contributed by atoms with van der Waals surface area (Å²) in [5.41, 5.74) is 1.08. The van der Waals surface area contributed by atoms with Crippen molar-refractivity contribution in [3.05, 3.63) is 139 Å². The van der Waals surface area contributed by atoms with Crippen LogP contribution in [0.15, 0.2) is 78.3 Å². The minimum absolute atomic E-state index is 0.0767. The average molecular weight is 907 g/mol. The molecule has 63 heavy (non-hydrogen) atoms. The highest BCUT2D eigenvalue weighted by molar-refractivity contribution is 7.19. The van der Waals surface area contributed by atoms with Crippen LogP contribution in [0.5, 0.6) is 0 Å². The number of nitrogens with one attached hydrogen (secondary N) is 2. The minimum atomic E-state index is -4.61. The maximum atomic E-state index is 13.2. The molecular formula is C41H33B2F6N5O7S2. The number of hydrogen-bond acceptors (Lipinski definition) is 12. The molecule has 0 radical (unpaired) electrons. The summed E-state index contributed by atoms with van der Waals surface area (Å²) in [6.07, 6.45) is -7.75. The summed E-state index contributed by atoms with van der Waals surface area (Å²) in [6, 6.07) is 15.4. The van der Waals surface area contributed by atoms with Crippen LogP contribution in [0.2, 0.25) is 0 Å². The third kappa shape index (κ3) is 10.3. The van der Waals surface area contributed by atoms with Gasteiger partial charge >= 0.3 is 26.6 Å². The first-order valence-corrected chi connectivity index (χ1v) is 20.2. The van der Waals surface area contributed by atoms with Gasteiger partial charge in [-0.3, -0.25) is 19.4 Å². The van der Waals surface area contributed by atoms with E-state index in [1.165, 1.54) is 55.8 Å². The Hall–Kier alpha value is -6.03. The SMILES string of the molecule is Cc1nccc(C(=O)c2ccc(B(O)O)cc2)c1NC(=O)c1csc2nc(C(F)(F)F)cc(C)c12.Cc1sc2nc(C(F)(F)F)cc(C)c2c1C(=O)NCc1cccc(B(O)O)c1. The lowest BCUT2D eigenvalue weighted by atomic mass is 9.79. The first-order chi connectivity index (χ1) is 29.5. The number of fused-ring (bicyclic) bond motifs is 2. The molecule has 2 aromatic carbocycles. The van der Waals surface area contributed by atoms with Crippen molar-refractivity contribution in [2.24, 2.45) is 0 Å². The smallest absolute Gasteiger partial charge is 0.423 e. The van der Waals surface area contributed by atoms with Crippen molar-refractivity contribution in [2.45, 2.75) is 46.6 Å². The third-order valence-electron chi connectivity index (χ3n) is 9.63. The van der Waals surface area contributed by atoms with Gasteiger partial charge in [0.2, 0.25) is 0 Å². The van der Waals surface area contributed by atoms with E-state index in [0.717, 1.165) is 34.8 Å². The monoisotopic (exact) mass is 907 g/mol. The molecule has 324 valence electrons. The summed E-state index contributed by atoms with van der Waals surface area (Å²) in [4.78, 5) is 51.3. The van der Waals surface area contributed by atoms with Crippen LogP contribution in [0.3, 0.4) is 0 Å². The second-order valence-electron chi connectivity index (χ2n) is 14.1. The van der Waals surface area contributed by atoms with E-state index in [0.29, 0.717) is 43.5 Å². The summed E-state index contributed by atoms with van der Waals surface area (Å²) in [5, 5.41) is 44.5. The molecule has 22 heteroatoms. The molecule has 5 aromatic heterocycles. The van der Waals surface area contributed by atoms with Gasteiger partial charge in [-0.25, -0.2) is 9.97 Å². The number of carbonyl (C=O) groups is 3. The lowest BCUT2D eigenvalue weighted by Crippen LogP contribution is -2.30. The molecule has 12 nitrogen and oxygen atoms in total. The third-order valence-corrected chi connectivity index (χ3v) is 11.5. The number of thiophene rings is 2. The number of ketones is 1. The summed E-state index contributed by atoms with van der Waals surface area (Å²) >= 11 is 1.96. The number of carbonyl (C=O) groups excluding carboxylic acids is 3. The number of halogens is 6. The zero-order valence-electron chi connectivity index (χ0n) is 33.3. The minimum Gasteiger partial charge on any atom is -0.423 e. The largest absolute Gasteiger partial charge is 0.488 e. The number of aromatic nitrogens is 3. The average Bonchev–Trinajstić information content (AvgIpc) is 3.81. The van der Waals surface area contributed by atoms with Gasteiger partial charge in [0.25, 0.3) is 11.8 Å². The lowest BCUT2D eigenvalue weighted by Gasteiger charge is -2.13. The number of aryl methyl sites for hydroxylation is 4. The number of benzene rings is 2. The van der Waals surface area contributed by atoms with Gasteiger partial charge in [0.1, 0.15) is 21.0 Å². The summed E-state index contributed by atoms with van der Waals surface area (Å²) < 4.78 is 78.3. The number of anilines is 1. The Morgan fingerprint density at radius 3 is 1.92 bits per heavy atom. The number of rotatable bonds is 9. The fourth-order valence-electron chi connectivity index (χ4n) is 6.55. The first-order valence-electron chi connectivity index (χ1n) is 18.5. The number of pyridine rings is 3. The number of nitrogens with zero attached hydrogens (tertiary/aromatic N) is 3. The highest BCUT2D eigenvalue weighted by Crippen LogP contribution is 2.37. The molecular weight excluding hydrogens is 874 g/mol. The number of alkyl halides is 6. The molecule has 0 spiro atoms. The van der Waals surface area contributed by atoms with E-state index in [2.05, 4.69) is 25.6 Å². The molecule has 2 amide bonds. The molecule has 0 bridgehead atoms. The zero-order valence-corrected chi connectivity index (χ0v) is 34.9. The Kier molecular flexibility index (Phi) is 13.5. The molecule has 0 aliphatic heterocycles. The topological polar surface area (TPSA) is 195 Å². The molecule has 0 aliphatic rings. The van der Waals surface area contributed by atoms with Gasteiger partial charge in [-0.15, -0.1) is 22.7 Å². The molecule has 0 saturated heterocycles. The van der Waals surface area contributed by atoms with Crippen molar-refractivity contribution in [1.29, 1.82) is 0 Å². The summed E-state index contributed by atoms with van der Waals surface area (Å²) in [5.74, 6) is -1.49. The lowest BCUT2D eigenvalue weighted by molar-refractivity contribution is -0.141. The van der Waals surface area contributed by atoms with E-state index < -0.39 is 55.6 Å². The normalized spacial score (nSPS) is 11.6. The highest BCUT2D eigenvalue weighted by atomic mass is 32.1. The fourth-order valence-corrected chi connectivity index (χ4v) is 8.64. The van der Waals surface area contributed by atoms with Crippen molar-refractivity contribution >= 4 is 91.6 Å². The molecule has 5 heterocycles. The Morgan fingerprint density at radius 2 is 1.32 bits per heavy atom. The van der Waals surface area contributed by atoms with Crippen molar-refractivity contribution in [3.63, 3.8) is 0 Å². The van der Waals surface area contributed by atoms with Crippen LogP contribution in [-0.4, -0.2) is 66.9 Å². The first kappa shape index (κ1) is 46.5. The van der Waals surface area contributed by atoms with Crippen LogP contribution in [0.4, 0.5) is 32.0 Å². The summed E-state index contributed by atoms with van der Waals surface area (Å²) in [6.45, 7) is 6.39. The van der Waals surface area contributed by atoms with Crippen LogP contribution in [0, 0.1) is 27.7 Å². The molecule has 0 aliphatic carbocycles. The molecule has 6 N–H and O–H groups in total. The van der Waals surface area contributed by atoms with Crippen LogP contribution in [0.1, 0.15) is 75.3 Å². The van der Waals surface area contributed by atoms with Gasteiger partial charge in [-0.05, 0) is 73.5 Å². The molecule has 0 atom stereocenters. The summed E-state index contributed by atoms with van der Waals surface area (Å²) in [7, 11) is -3.29. The maximum Gasteiger partial charge on any atom is 0.488 e. The predicted octanol–water partition coefficient (Wildman–Crippen LogP) is 6.03. The van der Waals surface area contributed by atoms with E-state index in [-0.39, 0.29) is 49.6 Å². The van der Waals surface area contributed by atoms with E-state index in [9.17, 15) is 60.8 Å². The Bertz CT molecular complexity index is 2890. The van der Waals surface area contributed by atoms with Gasteiger partial charge in [-0.1, -0.05) is 48.5 Å². The van der Waals surface area contributed by atoms with Gasteiger partial charge in [-0.2, -0.15) is 26.3 Å². The number of amides is 2. The Balaban J connectivity index is 0.000000215. The van der Waals surface area contributed by atoms with Gasteiger partial charge in [0, 0.05) is 44.9 Å². The van der Waals surface area contributed by atoms with Crippen molar-refractivity contribution in [1.82, 2.24) is 20.3 Å². The van der Waals surface area contributed by atoms with Crippen molar-refractivity contribution < 1.29 is 60.8 Å². The second-order valence-corrected chi connectivity index (χ2v) is 16.1. The molecule has 0 fully saturated rings. The van der Waals surface area contributed by atoms with Gasteiger partial charge in [0.15, 0.2) is 5.78 Å². The second kappa shape index (κ2) is 18.4. The van der Waals surface area contributed by atoms with E-state index in [4.69, 9.17) is 0 Å². The van der Waals surface area contributed by atoms with Crippen molar-refractivity contribution in [2.75, 3.05) is 5.32 Å². The van der Waals surface area contributed by atoms with Gasteiger partial charge < -0.3 is 30.7 Å². The molecule has 7 rings (SSSR count). The quantitative estimate of drug-likeness (QED) is 0.0566. The molecule has 0 saturated carbocycles. The van der Waals surface area contributed by atoms with E-state index >= 15 is 0 Å². The predicted molar refractivity (Wildman–Crippen MR) is 228 cm³/mol. The van der Waals surface area contributed by atoms with Crippen LogP contribution in [-0.2, 0) is 18.9 Å². The standard InChI is InChI=1S/C23H17BF3N3O4S.C18H16BF3N2O3S/c1-11-9-17(23(25,26)27)29-22-18(11)16(10-35-22)21(32)30-19-12(2)28-8-7-15(19)20(31)13-3-5-14(6-4-13)24(33)34;1-9-6-13(18(20,21)22)24-17-14(9)15(10(2)28-17)16(25)23-8-11-4-3-5-12(7-11)19(26)27/h3-10,33-34H,1-2H3,(H,30,32);3-7,26-27H,8H2,1-2H3,(H,23,25). The fraction of sp³-hybridized carbons (Fsp3) is 0.171. The van der Waals surface area contributed by atoms with Crippen molar-refractivity contribution in [3.8, 4) is 0 Å². The van der Waals surface area contributed by atoms with Gasteiger partial charge in [0.05, 0.1) is 22.5 Å². The van der Waals surface area contributed by atoms with Crippen LogP contribution < -0.4 is 21.6 Å². The van der Waals surface area contributed by atoms with Crippen LogP contribution in [0.25, 0.3) is 20.4 Å². The molecule has 7 aromatic rings. The number of hydrogen-bond donors (Lipinski definition) is 6. The zero-order chi connectivity index (χ0) is 46.1. The van der Waals surface area contributed by atoms with E-state index in [1.807, 2.05) is 0 Å². The van der Waals surface area contributed by atoms with Crippen LogP contribution >= 0.6 is 22.7 Å². The Morgan fingerprint density at radius 1 is 0.714 bits per heavy atom. The maximum absolute atomic E-state index is 13.2. The highest BCUT2D eigenvalue weighted by Gasteiger charge is 2.35. The molecule has 0 unspecified atom stereocenters. The van der Waals surface area contributed by atoms with E-state index in [1.54, 1.807) is 38.1 Å².